The van der Waals surface area contributed by atoms with E-state index in [0.29, 0.717) is 24.2 Å². The number of carbonyl (C=O) groups excluding carboxylic acids is 3. The van der Waals surface area contributed by atoms with Gasteiger partial charge in [-0.3, -0.25) is 23.7 Å². The monoisotopic (exact) mass is 426 g/mol. The first-order valence-corrected chi connectivity index (χ1v) is 10.4. The van der Waals surface area contributed by atoms with Crippen LogP contribution in [0.3, 0.4) is 0 Å². The molecular formula is C22H26N4O5. The fourth-order valence-electron chi connectivity index (χ4n) is 5.16. The van der Waals surface area contributed by atoms with Gasteiger partial charge in [-0.05, 0) is 42.7 Å². The van der Waals surface area contributed by atoms with Crippen LogP contribution in [0.2, 0.25) is 0 Å². The molecule has 31 heavy (non-hydrogen) atoms. The van der Waals surface area contributed by atoms with E-state index in [1.807, 2.05) is 0 Å². The molecule has 0 bridgehead atoms. The Bertz CT molecular complexity index is 1120. The predicted molar refractivity (Wildman–Crippen MR) is 111 cm³/mol. The molecule has 2 aromatic rings. The topological polar surface area (TPSA) is 110 Å². The SMILES string of the molecule is CC1CC(C)(C)CC2(C1)NC(=O)N(CC(=O)OCc1cc(=O)n3ccccc3n1)C2=O. The van der Waals surface area contributed by atoms with E-state index in [-0.39, 0.29) is 29.4 Å². The Morgan fingerprint density at radius 1 is 1.26 bits per heavy atom. The van der Waals surface area contributed by atoms with Gasteiger partial charge in [0.2, 0.25) is 0 Å². The number of amides is 3. The number of imide groups is 1. The number of fused-ring (bicyclic) bond motifs is 1. The van der Waals surface area contributed by atoms with Crippen LogP contribution in [0.1, 0.15) is 45.7 Å². The molecule has 1 aliphatic heterocycles. The second kappa shape index (κ2) is 7.47. The molecule has 1 aliphatic carbocycles. The predicted octanol–water partition coefficient (Wildman–Crippen LogP) is 1.87. The van der Waals surface area contributed by atoms with Crippen molar-refractivity contribution in [2.24, 2.45) is 11.3 Å². The quantitative estimate of drug-likeness (QED) is 0.590. The van der Waals surface area contributed by atoms with Crippen LogP contribution in [-0.4, -0.2) is 44.3 Å². The molecule has 2 fully saturated rings. The van der Waals surface area contributed by atoms with Crippen molar-refractivity contribution in [2.45, 2.75) is 52.2 Å². The van der Waals surface area contributed by atoms with Gasteiger partial charge in [-0.2, -0.15) is 0 Å². The van der Waals surface area contributed by atoms with Crippen molar-refractivity contribution in [2.75, 3.05) is 6.54 Å². The lowest BCUT2D eigenvalue weighted by molar-refractivity contribution is -0.149. The summed E-state index contributed by atoms with van der Waals surface area (Å²) in [7, 11) is 0. The molecule has 164 valence electrons. The molecule has 0 radical (unpaired) electrons. The maximum Gasteiger partial charge on any atom is 0.326 e. The number of hydrogen-bond acceptors (Lipinski definition) is 6. The maximum atomic E-state index is 13.1. The number of urea groups is 1. The fourth-order valence-corrected chi connectivity index (χ4v) is 5.16. The van der Waals surface area contributed by atoms with Crippen molar-refractivity contribution in [1.29, 1.82) is 0 Å². The number of esters is 1. The number of ether oxygens (including phenoxy) is 1. The van der Waals surface area contributed by atoms with Gasteiger partial charge in [0.1, 0.15) is 24.3 Å². The van der Waals surface area contributed by atoms with Crippen LogP contribution in [0.5, 0.6) is 0 Å². The largest absolute Gasteiger partial charge is 0.458 e. The minimum Gasteiger partial charge on any atom is -0.458 e. The van der Waals surface area contributed by atoms with Crippen LogP contribution in [0.15, 0.2) is 35.3 Å². The summed E-state index contributed by atoms with van der Waals surface area (Å²) in [6.45, 7) is 5.53. The van der Waals surface area contributed by atoms with Gasteiger partial charge < -0.3 is 10.1 Å². The summed E-state index contributed by atoms with van der Waals surface area (Å²) in [5, 5.41) is 2.84. The third-order valence-electron chi connectivity index (χ3n) is 5.92. The van der Waals surface area contributed by atoms with Crippen molar-refractivity contribution in [1.82, 2.24) is 19.6 Å². The molecule has 4 rings (SSSR count). The van der Waals surface area contributed by atoms with Gasteiger partial charge in [-0.25, -0.2) is 9.78 Å². The first-order chi connectivity index (χ1) is 14.6. The summed E-state index contributed by atoms with van der Waals surface area (Å²) in [6, 6.07) is 5.85. The molecule has 2 unspecified atom stereocenters. The van der Waals surface area contributed by atoms with Crippen molar-refractivity contribution in [3.8, 4) is 0 Å². The minimum atomic E-state index is -0.965. The van der Waals surface area contributed by atoms with Crippen LogP contribution in [-0.2, 0) is 20.9 Å². The highest BCUT2D eigenvalue weighted by atomic mass is 16.5. The van der Waals surface area contributed by atoms with Crippen LogP contribution in [0.4, 0.5) is 4.79 Å². The molecule has 3 amide bonds. The Balaban J connectivity index is 1.43. The zero-order valence-corrected chi connectivity index (χ0v) is 17.9. The van der Waals surface area contributed by atoms with Crippen molar-refractivity contribution in [3.63, 3.8) is 0 Å². The highest BCUT2D eigenvalue weighted by Gasteiger charge is 2.56. The molecule has 3 heterocycles. The van der Waals surface area contributed by atoms with E-state index in [2.05, 4.69) is 31.1 Å². The van der Waals surface area contributed by atoms with Gasteiger partial charge in [0.25, 0.3) is 11.5 Å². The van der Waals surface area contributed by atoms with E-state index in [1.165, 1.54) is 10.5 Å². The Kier molecular flexibility index (Phi) is 5.07. The maximum absolute atomic E-state index is 13.1. The standard InChI is InChI=1S/C22H26N4O5/c1-14-9-21(2,3)13-22(10-14)19(29)26(20(30)24-22)11-18(28)31-12-15-8-17(27)25-7-5-4-6-16(25)23-15/h4-8,14H,9-13H2,1-3H3,(H,24,30). The summed E-state index contributed by atoms with van der Waals surface area (Å²) in [6.07, 6.45) is 3.66. The lowest BCUT2D eigenvalue weighted by atomic mass is 9.64. The third-order valence-corrected chi connectivity index (χ3v) is 5.92. The van der Waals surface area contributed by atoms with Gasteiger partial charge in [-0.1, -0.05) is 26.8 Å². The first kappa shape index (κ1) is 21.0. The lowest BCUT2D eigenvalue weighted by Gasteiger charge is -2.43. The number of hydrogen-bond donors (Lipinski definition) is 1. The van der Waals surface area contributed by atoms with Crippen LogP contribution in [0, 0.1) is 11.3 Å². The Morgan fingerprint density at radius 3 is 2.77 bits per heavy atom. The normalized spacial score (nSPS) is 25.1. The fraction of sp³-hybridized carbons (Fsp3) is 0.500. The van der Waals surface area contributed by atoms with E-state index in [0.717, 1.165) is 11.3 Å². The number of aromatic nitrogens is 2. The van der Waals surface area contributed by atoms with Crippen molar-refractivity contribution in [3.05, 3.63) is 46.5 Å². The highest BCUT2D eigenvalue weighted by molar-refractivity contribution is 6.08. The second-order valence-electron chi connectivity index (χ2n) is 9.43. The molecule has 9 nitrogen and oxygen atoms in total. The number of carbonyl (C=O) groups is 3. The van der Waals surface area contributed by atoms with Crippen molar-refractivity contribution >= 4 is 23.6 Å². The smallest absolute Gasteiger partial charge is 0.326 e. The van der Waals surface area contributed by atoms with Crippen molar-refractivity contribution < 1.29 is 19.1 Å². The zero-order valence-electron chi connectivity index (χ0n) is 17.9. The third kappa shape index (κ3) is 4.04. The van der Waals surface area contributed by atoms with Gasteiger partial charge in [-0.15, -0.1) is 0 Å². The summed E-state index contributed by atoms with van der Waals surface area (Å²) in [4.78, 5) is 55.3. The minimum absolute atomic E-state index is 0.0903. The molecule has 0 aromatic carbocycles. The summed E-state index contributed by atoms with van der Waals surface area (Å²) < 4.78 is 6.58. The number of nitrogens with zero attached hydrogens (tertiary/aromatic N) is 3. The van der Waals surface area contributed by atoms with E-state index in [1.54, 1.807) is 24.4 Å². The second-order valence-corrected chi connectivity index (χ2v) is 9.43. The molecule has 1 saturated carbocycles. The Morgan fingerprint density at radius 2 is 2.03 bits per heavy atom. The summed E-state index contributed by atoms with van der Waals surface area (Å²) in [5.74, 6) is -0.840. The molecule has 2 aromatic heterocycles. The van der Waals surface area contributed by atoms with Gasteiger partial charge in [0.15, 0.2) is 0 Å². The highest BCUT2D eigenvalue weighted by Crippen LogP contribution is 2.46. The molecule has 1 saturated heterocycles. The lowest BCUT2D eigenvalue weighted by Crippen LogP contribution is -2.54. The van der Waals surface area contributed by atoms with E-state index in [4.69, 9.17) is 4.74 Å². The summed E-state index contributed by atoms with van der Waals surface area (Å²) in [5.41, 5.74) is -0.617. The molecular weight excluding hydrogens is 400 g/mol. The van der Waals surface area contributed by atoms with Crippen LogP contribution in [0.25, 0.3) is 5.65 Å². The Hall–Kier alpha value is -3.23. The molecule has 2 atom stereocenters. The molecule has 2 aliphatic rings. The number of pyridine rings is 1. The number of nitrogens with one attached hydrogen (secondary N) is 1. The average molecular weight is 426 g/mol. The molecule has 9 heteroatoms. The van der Waals surface area contributed by atoms with Crippen LogP contribution < -0.4 is 10.9 Å². The van der Waals surface area contributed by atoms with E-state index >= 15 is 0 Å². The van der Waals surface area contributed by atoms with Crippen LogP contribution >= 0.6 is 0 Å². The van der Waals surface area contributed by atoms with E-state index in [9.17, 15) is 19.2 Å². The molecule has 1 N–H and O–H groups in total. The van der Waals surface area contributed by atoms with Gasteiger partial charge in [0, 0.05) is 12.3 Å². The zero-order chi connectivity index (χ0) is 22.4. The summed E-state index contributed by atoms with van der Waals surface area (Å²) >= 11 is 0. The van der Waals surface area contributed by atoms with E-state index < -0.39 is 24.1 Å². The Labute approximate surface area is 179 Å². The first-order valence-electron chi connectivity index (χ1n) is 10.4. The van der Waals surface area contributed by atoms with Gasteiger partial charge >= 0.3 is 12.0 Å². The number of rotatable bonds is 4. The molecule has 1 spiro atoms. The average Bonchev–Trinajstić information content (AvgIpc) is 2.88. The van der Waals surface area contributed by atoms with Gasteiger partial charge in [0.05, 0.1) is 5.69 Å².